The van der Waals surface area contributed by atoms with E-state index in [2.05, 4.69) is 32.3 Å². The maximum Gasteiger partial charge on any atom is 0.145 e. The Morgan fingerprint density at radius 2 is 1.81 bits per heavy atom. The van der Waals surface area contributed by atoms with Gasteiger partial charge in [0.2, 0.25) is 0 Å². The van der Waals surface area contributed by atoms with E-state index in [0.29, 0.717) is 0 Å². The molecule has 1 saturated heterocycles. The number of morpholine rings is 1. The summed E-state index contributed by atoms with van der Waals surface area (Å²) in [6, 6.07) is 16.4. The topological polar surface area (TPSA) is 59.5 Å². The highest BCUT2D eigenvalue weighted by Gasteiger charge is 2.22. The van der Waals surface area contributed by atoms with Gasteiger partial charge in [0.25, 0.3) is 0 Å². The van der Waals surface area contributed by atoms with Gasteiger partial charge in [0.15, 0.2) is 0 Å². The summed E-state index contributed by atoms with van der Waals surface area (Å²) in [5, 5.41) is 3.47. The summed E-state index contributed by atoms with van der Waals surface area (Å²) in [5.41, 5.74) is 3.05. The number of para-hydroxylation sites is 2. The highest BCUT2D eigenvalue weighted by Crippen LogP contribution is 2.25. The number of ether oxygens (including phenoxy) is 2. The first-order valence-electron chi connectivity index (χ1n) is 9.25. The van der Waals surface area contributed by atoms with Gasteiger partial charge in [-0.15, -0.1) is 0 Å². The maximum atomic E-state index is 5.53. The van der Waals surface area contributed by atoms with Crippen molar-refractivity contribution >= 4 is 16.9 Å². The second-order valence-electron chi connectivity index (χ2n) is 6.56. The molecular formula is C21H24N4O2. The number of anilines is 1. The fourth-order valence-corrected chi connectivity index (χ4v) is 3.42. The smallest absolute Gasteiger partial charge is 0.145 e. The fourth-order valence-electron chi connectivity index (χ4n) is 3.42. The first kappa shape index (κ1) is 17.7. The van der Waals surface area contributed by atoms with E-state index in [1.807, 2.05) is 36.4 Å². The molecule has 1 aliphatic rings. The highest BCUT2D eigenvalue weighted by atomic mass is 16.5. The van der Waals surface area contributed by atoms with Gasteiger partial charge in [0.05, 0.1) is 43.6 Å². The van der Waals surface area contributed by atoms with Gasteiger partial charge < -0.3 is 14.8 Å². The Kier molecular flexibility index (Phi) is 5.46. The van der Waals surface area contributed by atoms with Crippen molar-refractivity contribution in [2.24, 2.45) is 0 Å². The third kappa shape index (κ3) is 4.18. The molecule has 1 atom stereocenters. The van der Waals surface area contributed by atoms with Crippen molar-refractivity contribution in [3.63, 3.8) is 0 Å². The van der Waals surface area contributed by atoms with Crippen molar-refractivity contribution < 1.29 is 9.47 Å². The first-order valence-corrected chi connectivity index (χ1v) is 9.25. The van der Waals surface area contributed by atoms with Crippen LogP contribution in [0.4, 0.5) is 5.82 Å². The summed E-state index contributed by atoms with van der Waals surface area (Å²) in [4.78, 5) is 11.6. The number of methoxy groups -OCH3 is 1. The van der Waals surface area contributed by atoms with Crippen molar-refractivity contribution in [2.45, 2.75) is 6.04 Å². The third-order valence-electron chi connectivity index (χ3n) is 4.91. The van der Waals surface area contributed by atoms with E-state index < -0.39 is 0 Å². The van der Waals surface area contributed by atoms with E-state index in [0.717, 1.165) is 55.4 Å². The fraction of sp³-hybridized carbons (Fsp3) is 0.333. The Labute approximate surface area is 159 Å². The van der Waals surface area contributed by atoms with Crippen LogP contribution in [0.15, 0.2) is 54.7 Å². The Balaban J connectivity index is 1.53. The number of hydrogen-bond donors (Lipinski definition) is 1. The minimum absolute atomic E-state index is 0.230. The monoisotopic (exact) mass is 364 g/mol. The molecular weight excluding hydrogens is 340 g/mol. The number of benzene rings is 2. The van der Waals surface area contributed by atoms with Gasteiger partial charge in [-0.2, -0.15) is 0 Å². The molecule has 1 aromatic heterocycles. The minimum Gasteiger partial charge on any atom is -0.497 e. The second-order valence-corrected chi connectivity index (χ2v) is 6.56. The van der Waals surface area contributed by atoms with E-state index in [9.17, 15) is 0 Å². The molecule has 3 aromatic rings. The molecule has 1 fully saturated rings. The van der Waals surface area contributed by atoms with Crippen LogP contribution in [0.25, 0.3) is 11.0 Å². The van der Waals surface area contributed by atoms with Crippen molar-refractivity contribution in [1.82, 2.24) is 14.9 Å². The van der Waals surface area contributed by atoms with E-state index in [-0.39, 0.29) is 6.04 Å². The van der Waals surface area contributed by atoms with Crippen LogP contribution in [0.2, 0.25) is 0 Å². The summed E-state index contributed by atoms with van der Waals surface area (Å²) in [7, 11) is 1.69. The van der Waals surface area contributed by atoms with Gasteiger partial charge in [0, 0.05) is 19.6 Å². The normalized spacial score (nSPS) is 16.2. The standard InChI is InChI=1S/C21H24N4O2/c1-26-17-8-6-16(7-9-17)20(25-10-12-27-13-11-25)14-23-21-15-22-18-4-2-3-5-19(18)24-21/h2-9,15,20H,10-14H2,1H3,(H,23,24). The van der Waals surface area contributed by atoms with Crippen LogP contribution in [0.3, 0.4) is 0 Å². The van der Waals surface area contributed by atoms with E-state index in [1.54, 1.807) is 13.3 Å². The molecule has 6 heteroatoms. The zero-order valence-electron chi connectivity index (χ0n) is 15.5. The molecule has 1 N–H and O–H groups in total. The lowest BCUT2D eigenvalue weighted by molar-refractivity contribution is 0.0187. The Morgan fingerprint density at radius 1 is 1.07 bits per heavy atom. The molecule has 140 valence electrons. The van der Waals surface area contributed by atoms with E-state index >= 15 is 0 Å². The average molecular weight is 364 g/mol. The lowest BCUT2D eigenvalue weighted by Gasteiger charge is -2.35. The summed E-state index contributed by atoms with van der Waals surface area (Å²) >= 11 is 0. The van der Waals surface area contributed by atoms with Crippen LogP contribution in [0.5, 0.6) is 5.75 Å². The molecule has 1 unspecified atom stereocenters. The summed E-state index contributed by atoms with van der Waals surface area (Å²) < 4.78 is 10.8. The molecule has 0 spiro atoms. The zero-order valence-corrected chi connectivity index (χ0v) is 15.5. The van der Waals surface area contributed by atoms with Gasteiger partial charge in [-0.1, -0.05) is 24.3 Å². The van der Waals surface area contributed by atoms with E-state index in [1.165, 1.54) is 5.56 Å². The molecule has 27 heavy (non-hydrogen) atoms. The van der Waals surface area contributed by atoms with Gasteiger partial charge in [0.1, 0.15) is 11.6 Å². The average Bonchev–Trinajstić information content (AvgIpc) is 2.75. The highest BCUT2D eigenvalue weighted by molar-refractivity contribution is 5.75. The van der Waals surface area contributed by atoms with E-state index in [4.69, 9.17) is 9.47 Å². The number of rotatable bonds is 6. The van der Waals surface area contributed by atoms with Gasteiger partial charge in [-0.25, -0.2) is 4.98 Å². The van der Waals surface area contributed by atoms with Crippen LogP contribution in [0.1, 0.15) is 11.6 Å². The predicted molar refractivity (Wildman–Crippen MR) is 106 cm³/mol. The number of nitrogens with one attached hydrogen (secondary N) is 1. The SMILES string of the molecule is COc1ccc(C(CNc2cnc3ccccc3n2)N2CCOCC2)cc1. The quantitative estimate of drug-likeness (QED) is 0.725. The number of nitrogens with zero attached hydrogens (tertiary/aromatic N) is 3. The minimum atomic E-state index is 0.230. The zero-order chi connectivity index (χ0) is 18.5. The lowest BCUT2D eigenvalue weighted by Crippen LogP contribution is -2.41. The Bertz CT molecular complexity index is 879. The second kappa shape index (κ2) is 8.33. The maximum absolute atomic E-state index is 5.53. The summed E-state index contributed by atoms with van der Waals surface area (Å²) in [6.45, 7) is 4.12. The molecule has 0 radical (unpaired) electrons. The summed E-state index contributed by atoms with van der Waals surface area (Å²) in [5.74, 6) is 1.66. The van der Waals surface area contributed by atoms with Crippen molar-refractivity contribution in [2.75, 3.05) is 45.3 Å². The number of hydrogen-bond acceptors (Lipinski definition) is 6. The van der Waals surface area contributed by atoms with Gasteiger partial charge in [-0.05, 0) is 29.8 Å². The van der Waals surface area contributed by atoms with Crippen LogP contribution in [-0.4, -0.2) is 54.8 Å². The van der Waals surface area contributed by atoms with Crippen LogP contribution in [0, 0.1) is 0 Å². The van der Waals surface area contributed by atoms with Gasteiger partial charge >= 0.3 is 0 Å². The predicted octanol–water partition coefficient (Wildman–Crippen LogP) is 3.12. The molecule has 0 saturated carbocycles. The Morgan fingerprint density at radius 3 is 2.56 bits per heavy atom. The largest absolute Gasteiger partial charge is 0.497 e. The molecule has 0 amide bonds. The molecule has 2 aromatic carbocycles. The van der Waals surface area contributed by atoms with Gasteiger partial charge in [-0.3, -0.25) is 9.88 Å². The molecule has 2 heterocycles. The van der Waals surface area contributed by atoms with Crippen molar-refractivity contribution in [3.05, 3.63) is 60.3 Å². The van der Waals surface area contributed by atoms with Crippen LogP contribution >= 0.6 is 0 Å². The van der Waals surface area contributed by atoms with Crippen LogP contribution in [-0.2, 0) is 4.74 Å². The molecule has 4 rings (SSSR count). The lowest BCUT2D eigenvalue weighted by atomic mass is 10.0. The molecule has 0 bridgehead atoms. The Hall–Kier alpha value is -2.70. The molecule has 1 aliphatic heterocycles. The number of aromatic nitrogens is 2. The summed E-state index contributed by atoms with van der Waals surface area (Å²) in [6.07, 6.45) is 1.80. The molecule has 6 nitrogen and oxygen atoms in total. The first-order chi connectivity index (χ1) is 13.3. The third-order valence-corrected chi connectivity index (χ3v) is 4.91. The molecule has 0 aliphatic carbocycles. The van der Waals surface area contributed by atoms with Crippen molar-refractivity contribution in [1.29, 1.82) is 0 Å². The van der Waals surface area contributed by atoms with Crippen LogP contribution < -0.4 is 10.1 Å². The number of fused-ring (bicyclic) bond motifs is 1. The van der Waals surface area contributed by atoms with Crippen molar-refractivity contribution in [3.8, 4) is 5.75 Å².